The van der Waals surface area contributed by atoms with E-state index in [9.17, 15) is 4.79 Å². The predicted molar refractivity (Wildman–Crippen MR) is 90.9 cm³/mol. The quantitative estimate of drug-likeness (QED) is 0.727. The number of carbonyl (C=O) groups is 1. The number of benzene rings is 2. The molecule has 4 heteroatoms. The van der Waals surface area contributed by atoms with E-state index in [1.165, 1.54) is 0 Å². The van der Waals surface area contributed by atoms with Crippen LogP contribution in [0, 0.1) is 0 Å². The van der Waals surface area contributed by atoms with Crippen molar-refractivity contribution in [2.45, 2.75) is 17.8 Å². The Morgan fingerprint density at radius 1 is 1.13 bits per heavy atom. The molecular formula is C19H13ClN2O. The van der Waals surface area contributed by atoms with Crippen LogP contribution in [0.4, 0.5) is 5.69 Å². The molecule has 3 nitrogen and oxygen atoms in total. The second-order valence-corrected chi connectivity index (χ2v) is 6.74. The number of amides is 1. The maximum Gasteiger partial charge on any atom is 0.235 e. The van der Waals surface area contributed by atoms with Gasteiger partial charge in [-0.15, -0.1) is 0 Å². The summed E-state index contributed by atoms with van der Waals surface area (Å²) in [5.74, 6) is 0.182. The number of rotatable bonds is 1. The lowest BCUT2D eigenvalue weighted by atomic mass is 9.93. The molecule has 3 aromatic rings. The summed E-state index contributed by atoms with van der Waals surface area (Å²) in [5, 5.41) is 4.77. The molecule has 1 aliphatic heterocycles. The third-order valence-corrected chi connectivity index (χ3v) is 5.29. The summed E-state index contributed by atoms with van der Waals surface area (Å²) >= 11 is 6.14. The fraction of sp³-hybridized carbons (Fsp3) is 0.158. The van der Waals surface area contributed by atoms with Crippen molar-refractivity contribution in [2.75, 3.05) is 5.32 Å². The van der Waals surface area contributed by atoms with Crippen LogP contribution in [0.15, 0.2) is 54.6 Å². The first-order valence-corrected chi connectivity index (χ1v) is 8.03. The van der Waals surface area contributed by atoms with E-state index in [0.29, 0.717) is 5.02 Å². The van der Waals surface area contributed by atoms with Crippen molar-refractivity contribution in [1.82, 2.24) is 4.98 Å². The second kappa shape index (κ2) is 4.33. The van der Waals surface area contributed by atoms with E-state index < -0.39 is 5.41 Å². The molecule has 112 valence electrons. The summed E-state index contributed by atoms with van der Waals surface area (Å²) in [4.78, 5) is 17.4. The van der Waals surface area contributed by atoms with Crippen molar-refractivity contribution in [3.63, 3.8) is 0 Å². The van der Waals surface area contributed by atoms with Gasteiger partial charge in [0, 0.05) is 27.7 Å². The van der Waals surface area contributed by atoms with E-state index in [-0.39, 0.29) is 11.8 Å². The molecule has 0 radical (unpaired) electrons. The van der Waals surface area contributed by atoms with E-state index in [4.69, 9.17) is 16.6 Å². The van der Waals surface area contributed by atoms with Crippen LogP contribution in [-0.2, 0) is 10.2 Å². The van der Waals surface area contributed by atoms with E-state index in [0.717, 1.165) is 34.3 Å². The Hall–Kier alpha value is -2.39. The van der Waals surface area contributed by atoms with Crippen LogP contribution >= 0.6 is 11.6 Å². The monoisotopic (exact) mass is 320 g/mol. The highest BCUT2D eigenvalue weighted by atomic mass is 35.5. The highest BCUT2D eigenvalue weighted by Crippen LogP contribution is 2.64. The number of nitrogens with one attached hydrogen (secondary N) is 1. The summed E-state index contributed by atoms with van der Waals surface area (Å²) in [6, 6.07) is 17.8. The van der Waals surface area contributed by atoms with Crippen molar-refractivity contribution in [2.24, 2.45) is 0 Å². The molecule has 2 atom stereocenters. The molecule has 2 aliphatic rings. The molecule has 1 aliphatic carbocycles. The second-order valence-electron chi connectivity index (χ2n) is 6.30. The van der Waals surface area contributed by atoms with E-state index in [1.807, 2.05) is 48.5 Å². The number of carbonyl (C=O) groups excluding carboxylic acids is 1. The Balaban J connectivity index is 1.62. The summed E-state index contributed by atoms with van der Waals surface area (Å²) in [6.07, 6.45) is 0.789. The number of nitrogens with zero attached hydrogens (tertiary/aromatic N) is 1. The lowest BCUT2D eigenvalue weighted by Crippen LogP contribution is -2.21. The van der Waals surface area contributed by atoms with Gasteiger partial charge in [0.2, 0.25) is 5.91 Å². The van der Waals surface area contributed by atoms with Gasteiger partial charge >= 0.3 is 0 Å². The lowest BCUT2D eigenvalue weighted by Gasteiger charge is -2.09. The Morgan fingerprint density at radius 2 is 2.00 bits per heavy atom. The standard InChI is InChI=1S/C19H13ClN2O/c20-12-6-8-16-13(9-12)19(18(23)22-16)10-14(19)17-7-5-11-3-1-2-4-15(11)21-17/h1-9,14H,10H2,(H,22,23). The van der Waals surface area contributed by atoms with Gasteiger partial charge in [-0.25, -0.2) is 0 Å². The molecule has 2 heterocycles. The highest BCUT2D eigenvalue weighted by molar-refractivity contribution is 6.31. The first-order valence-electron chi connectivity index (χ1n) is 7.66. The number of hydrogen-bond donors (Lipinski definition) is 1. The zero-order chi connectivity index (χ0) is 15.6. The molecule has 5 rings (SSSR count). The van der Waals surface area contributed by atoms with Gasteiger partial charge in [0.25, 0.3) is 0 Å². The van der Waals surface area contributed by atoms with Gasteiger partial charge < -0.3 is 5.32 Å². The molecule has 1 N–H and O–H groups in total. The smallest absolute Gasteiger partial charge is 0.235 e. The van der Waals surface area contributed by atoms with Crippen LogP contribution in [0.2, 0.25) is 5.02 Å². The van der Waals surface area contributed by atoms with Crippen LogP contribution in [0.1, 0.15) is 23.6 Å². The van der Waals surface area contributed by atoms with Gasteiger partial charge in [0.1, 0.15) is 0 Å². The fourth-order valence-corrected chi connectivity index (χ4v) is 3.97. The predicted octanol–water partition coefficient (Wildman–Crippen LogP) is 4.27. The van der Waals surface area contributed by atoms with Crippen molar-refractivity contribution in [3.8, 4) is 0 Å². The van der Waals surface area contributed by atoms with Crippen molar-refractivity contribution in [1.29, 1.82) is 0 Å². The molecule has 2 unspecified atom stereocenters. The number of pyridine rings is 1. The topological polar surface area (TPSA) is 42.0 Å². The zero-order valence-electron chi connectivity index (χ0n) is 12.2. The maximum absolute atomic E-state index is 12.6. The minimum Gasteiger partial charge on any atom is -0.325 e. The molecule has 0 bridgehead atoms. The Morgan fingerprint density at radius 3 is 2.91 bits per heavy atom. The summed E-state index contributed by atoms with van der Waals surface area (Å²) in [6.45, 7) is 0. The molecule has 23 heavy (non-hydrogen) atoms. The zero-order valence-corrected chi connectivity index (χ0v) is 13.0. The van der Waals surface area contributed by atoms with Crippen LogP contribution in [0.5, 0.6) is 0 Å². The maximum atomic E-state index is 12.6. The Bertz CT molecular complexity index is 984. The van der Waals surface area contributed by atoms with Crippen molar-refractivity contribution < 1.29 is 4.79 Å². The molecular weight excluding hydrogens is 308 g/mol. The molecule has 1 fully saturated rings. The van der Waals surface area contributed by atoms with Crippen LogP contribution < -0.4 is 5.32 Å². The molecule has 1 amide bonds. The number of halogens is 1. The molecule has 2 aromatic carbocycles. The van der Waals surface area contributed by atoms with Crippen LogP contribution in [-0.4, -0.2) is 10.9 Å². The minimum atomic E-state index is -0.490. The molecule has 0 saturated heterocycles. The number of fused-ring (bicyclic) bond motifs is 3. The SMILES string of the molecule is O=C1Nc2ccc(Cl)cc2C12CC2c1ccc2ccccc2n1. The van der Waals surface area contributed by atoms with Crippen LogP contribution in [0.3, 0.4) is 0 Å². The molecule has 1 saturated carbocycles. The normalized spacial score (nSPS) is 24.7. The van der Waals surface area contributed by atoms with Crippen molar-refractivity contribution >= 4 is 34.1 Å². The third kappa shape index (κ3) is 1.71. The van der Waals surface area contributed by atoms with Gasteiger partial charge in [-0.1, -0.05) is 35.9 Å². The lowest BCUT2D eigenvalue weighted by molar-refractivity contribution is -0.118. The van der Waals surface area contributed by atoms with Gasteiger partial charge in [0.05, 0.1) is 10.9 Å². The number of hydrogen-bond acceptors (Lipinski definition) is 2. The van der Waals surface area contributed by atoms with E-state index in [1.54, 1.807) is 0 Å². The minimum absolute atomic E-state index is 0.0646. The van der Waals surface area contributed by atoms with E-state index in [2.05, 4.69) is 11.4 Å². The van der Waals surface area contributed by atoms with Crippen molar-refractivity contribution in [3.05, 3.63) is 70.9 Å². The fourth-order valence-electron chi connectivity index (χ4n) is 3.80. The average Bonchev–Trinajstić information content (AvgIpc) is 3.26. The first-order chi connectivity index (χ1) is 11.2. The van der Waals surface area contributed by atoms with Crippen LogP contribution in [0.25, 0.3) is 10.9 Å². The largest absolute Gasteiger partial charge is 0.325 e. The average molecular weight is 321 g/mol. The first kappa shape index (κ1) is 13.1. The number of para-hydroxylation sites is 1. The Kier molecular flexibility index (Phi) is 2.46. The van der Waals surface area contributed by atoms with Gasteiger partial charge in [-0.05, 0) is 42.3 Å². The van der Waals surface area contributed by atoms with Gasteiger partial charge in [0.15, 0.2) is 0 Å². The summed E-state index contributed by atoms with van der Waals surface area (Å²) in [7, 11) is 0. The number of aromatic nitrogens is 1. The summed E-state index contributed by atoms with van der Waals surface area (Å²) in [5.41, 5.74) is 3.34. The Labute approximate surface area is 138 Å². The highest BCUT2D eigenvalue weighted by Gasteiger charge is 2.65. The summed E-state index contributed by atoms with van der Waals surface area (Å²) < 4.78 is 0. The van der Waals surface area contributed by atoms with Gasteiger partial charge in [-0.3, -0.25) is 9.78 Å². The number of anilines is 1. The third-order valence-electron chi connectivity index (χ3n) is 5.05. The van der Waals surface area contributed by atoms with E-state index >= 15 is 0 Å². The molecule has 1 aromatic heterocycles. The molecule has 1 spiro atoms. The van der Waals surface area contributed by atoms with Gasteiger partial charge in [-0.2, -0.15) is 0 Å².